The maximum Gasteiger partial charge on any atom is 0.338 e. The van der Waals surface area contributed by atoms with E-state index in [1.54, 1.807) is 24.4 Å². The van der Waals surface area contributed by atoms with Crippen molar-refractivity contribution < 1.29 is 19.1 Å². The first-order valence-electron chi connectivity index (χ1n) is 8.74. The van der Waals surface area contributed by atoms with Gasteiger partial charge in [0.1, 0.15) is 0 Å². The van der Waals surface area contributed by atoms with Gasteiger partial charge in [0.05, 0.1) is 22.6 Å². The summed E-state index contributed by atoms with van der Waals surface area (Å²) in [5.74, 6) is -1.35. The maximum atomic E-state index is 12.2. The standard InChI is InChI=1S/C21H19N3O4/c1-14(25)18(11-15-5-3-2-4-6-15)24-20(26)13-28-21(27)16-7-8-17-19(12-16)23-10-9-22-17/h2-10,12,18H,11,13H2,1H3,(H,24,26)/t18-/m0/s1. The average molecular weight is 377 g/mol. The Morgan fingerprint density at radius 3 is 2.43 bits per heavy atom. The van der Waals surface area contributed by atoms with Gasteiger partial charge in [-0.2, -0.15) is 0 Å². The Kier molecular flexibility index (Phi) is 6.06. The van der Waals surface area contributed by atoms with Gasteiger partial charge in [0.2, 0.25) is 0 Å². The van der Waals surface area contributed by atoms with Crippen LogP contribution in [-0.4, -0.2) is 40.3 Å². The van der Waals surface area contributed by atoms with Crippen LogP contribution in [0.15, 0.2) is 60.9 Å². The zero-order valence-electron chi connectivity index (χ0n) is 15.3. The molecule has 1 aromatic heterocycles. The van der Waals surface area contributed by atoms with Crippen LogP contribution in [-0.2, 0) is 20.7 Å². The number of hydrogen-bond acceptors (Lipinski definition) is 6. The van der Waals surface area contributed by atoms with E-state index in [1.165, 1.54) is 13.1 Å². The van der Waals surface area contributed by atoms with Crippen molar-refractivity contribution in [2.75, 3.05) is 6.61 Å². The summed E-state index contributed by atoms with van der Waals surface area (Å²) in [4.78, 5) is 44.4. The number of hydrogen-bond donors (Lipinski definition) is 1. The number of benzene rings is 2. The Labute approximate surface area is 161 Å². The van der Waals surface area contributed by atoms with Gasteiger partial charge in [0.15, 0.2) is 12.4 Å². The van der Waals surface area contributed by atoms with Crippen molar-refractivity contribution in [3.8, 4) is 0 Å². The van der Waals surface area contributed by atoms with E-state index >= 15 is 0 Å². The first-order chi connectivity index (χ1) is 13.5. The lowest BCUT2D eigenvalue weighted by atomic mass is 10.0. The molecular weight excluding hydrogens is 358 g/mol. The van der Waals surface area contributed by atoms with E-state index in [-0.39, 0.29) is 11.3 Å². The van der Waals surface area contributed by atoms with Crippen molar-refractivity contribution in [3.63, 3.8) is 0 Å². The lowest BCUT2D eigenvalue weighted by Crippen LogP contribution is -2.43. The molecule has 0 unspecified atom stereocenters. The molecule has 1 heterocycles. The molecule has 0 aliphatic heterocycles. The molecular formula is C21H19N3O4. The Morgan fingerprint density at radius 2 is 1.71 bits per heavy atom. The summed E-state index contributed by atoms with van der Waals surface area (Å²) in [6.07, 6.45) is 3.46. The minimum Gasteiger partial charge on any atom is -0.452 e. The van der Waals surface area contributed by atoms with Crippen LogP contribution in [0.4, 0.5) is 0 Å². The van der Waals surface area contributed by atoms with E-state index in [0.717, 1.165) is 5.56 Å². The molecule has 0 aliphatic rings. The van der Waals surface area contributed by atoms with Crippen LogP contribution in [0, 0.1) is 0 Å². The molecule has 1 atom stereocenters. The van der Waals surface area contributed by atoms with Gasteiger partial charge in [0.25, 0.3) is 5.91 Å². The summed E-state index contributed by atoms with van der Waals surface area (Å²) in [7, 11) is 0. The summed E-state index contributed by atoms with van der Waals surface area (Å²) in [6.45, 7) is 0.936. The van der Waals surface area contributed by atoms with E-state index in [4.69, 9.17) is 4.74 Å². The summed E-state index contributed by atoms with van der Waals surface area (Å²) >= 11 is 0. The number of nitrogens with one attached hydrogen (secondary N) is 1. The van der Waals surface area contributed by atoms with Gasteiger partial charge >= 0.3 is 5.97 Å². The highest BCUT2D eigenvalue weighted by Crippen LogP contribution is 2.12. The third kappa shape index (κ3) is 4.97. The second-order valence-electron chi connectivity index (χ2n) is 6.26. The van der Waals surface area contributed by atoms with Crippen molar-refractivity contribution in [3.05, 3.63) is 72.1 Å². The summed E-state index contributed by atoms with van der Waals surface area (Å²) in [6, 6.07) is 13.5. The summed E-state index contributed by atoms with van der Waals surface area (Å²) in [5, 5.41) is 2.61. The second kappa shape index (κ2) is 8.85. The Hall–Kier alpha value is -3.61. The van der Waals surface area contributed by atoms with Gasteiger partial charge in [-0.25, -0.2) is 4.79 Å². The molecule has 2 aromatic carbocycles. The molecule has 1 amide bonds. The topological polar surface area (TPSA) is 98.2 Å². The minimum absolute atomic E-state index is 0.170. The fourth-order valence-electron chi connectivity index (χ4n) is 2.69. The van der Waals surface area contributed by atoms with Crippen LogP contribution in [0.1, 0.15) is 22.8 Å². The van der Waals surface area contributed by atoms with Gasteiger partial charge in [-0.1, -0.05) is 30.3 Å². The molecule has 3 aromatic rings. The highest BCUT2D eigenvalue weighted by atomic mass is 16.5. The van der Waals surface area contributed by atoms with E-state index in [2.05, 4.69) is 15.3 Å². The van der Waals surface area contributed by atoms with Gasteiger partial charge in [-0.05, 0) is 37.1 Å². The zero-order chi connectivity index (χ0) is 19.9. The van der Waals surface area contributed by atoms with Crippen molar-refractivity contribution in [1.82, 2.24) is 15.3 Å². The number of carbonyl (C=O) groups excluding carboxylic acids is 3. The van der Waals surface area contributed by atoms with Crippen LogP contribution in [0.2, 0.25) is 0 Å². The number of nitrogens with zero attached hydrogens (tertiary/aromatic N) is 2. The predicted molar refractivity (Wildman–Crippen MR) is 103 cm³/mol. The highest BCUT2D eigenvalue weighted by Gasteiger charge is 2.19. The molecule has 28 heavy (non-hydrogen) atoms. The molecule has 1 N–H and O–H groups in total. The molecule has 7 nitrogen and oxygen atoms in total. The number of amides is 1. The minimum atomic E-state index is -0.676. The molecule has 0 aliphatic carbocycles. The SMILES string of the molecule is CC(=O)[C@H](Cc1ccccc1)NC(=O)COC(=O)c1ccc2nccnc2c1. The predicted octanol–water partition coefficient (Wildman–Crippen LogP) is 2.10. The molecule has 0 spiro atoms. The van der Waals surface area contributed by atoms with Gasteiger partial charge in [0, 0.05) is 12.4 Å². The van der Waals surface area contributed by atoms with Gasteiger partial charge in [-0.15, -0.1) is 0 Å². The smallest absolute Gasteiger partial charge is 0.338 e. The molecule has 0 bridgehead atoms. The largest absolute Gasteiger partial charge is 0.452 e. The van der Waals surface area contributed by atoms with E-state index in [9.17, 15) is 14.4 Å². The number of rotatable bonds is 7. The fraction of sp³-hybridized carbons (Fsp3) is 0.190. The highest BCUT2D eigenvalue weighted by molar-refractivity contribution is 5.95. The van der Waals surface area contributed by atoms with Crippen LogP contribution in [0.5, 0.6) is 0 Å². The maximum absolute atomic E-state index is 12.2. The van der Waals surface area contributed by atoms with Crippen molar-refractivity contribution in [1.29, 1.82) is 0 Å². The number of esters is 1. The van der Waals surface area contributed by atoms with Gasteiger partial charge < -0.3 is 10.1 Å². The lowest BCUT2D eigenvalue weighted by molar-refractivity contribution is -0.128. The lowest BCUT2D eigenvalue weighted by Gasteiger charge is -2.16. The molecule has 3 rings (SSSR count). The van der Waals surface area contributed by atoms with Gasteiger partial charge in [-0.3, -0.25) is 19.6 Å². The zero-order valence-corrected chi connectivity index (χ0v) is 15.3. The average Bonchev–Trinajstić information content (AvgIpc) is 2.72. The van der Waals surface area contributed by atoms with E-state index < -0.39 is 24.5 Å². The Bertz CT molecular complexity index is 1000. The Balaban J connectivity index is 1.57. The number of aromatic nitrogens is 2. The molecule has 142 valence electrons. The molecule has 0 fully saturated rings. The third-order valence-electron chi connectivity index (χ3n) is 4.15. The van der Waals surface area contributed by atoms with Crippen LogP contribution in [0.25, 0.3) is 11.0 Å². The fourth-order valence-corrected chi connectivity index (χ4v) is 2.69. The first kappa shape index (κ1) is 19.2. The Morgan fingerprint density at radius 1 is 1.00 bits per heavy atom. The monoisotopic (exact) mass is 377 g/mol. The van der Waals surface area contributed by atoms with Crippen molar-refractivity contribution in [2.24, 2.45) is 0 Å². The number of fused-ring (bicyclic) bond motifs is 1. The number of Topliss-reactive ketones (excluding diaryl/α,β-unsaturated/α-hetero) is 1. The van der Waals surface area contributed by atoms with E-state index in [1.807, 2.05) is 30.3 Å². The second-order valence-corrected chi connectivity index (χ2v) is 6.26. The van der Waals surface area contributed by atoms with Crippen LogP contribution in [0.3, 0.4) is 0 Å². The summed E-state index contributed by atoms with van der Waals surface area (Å²) < 4.78 is 5.06. The quantitative estimate of drug-likeness (QED) is 0.633. The number of ether oxygens (including phenoxy) is 1. The van der Waals surface area contributed by atoms with Crippen molar-refractivity contribution >= 4 is 28.7 Å². The number of carbonyl (C=O) groups is 3. The van der Waals surface area contributed by atoms with Crippen molar-refractivity contribution in [2.45, 2.75) is 19.4 Å². The summed E-state index contributed by atoms with van der Waals surface area (Å²) in [5.41, 5.74) is 2.41. The van der Waals surface area contributed by atoms with Crippen LogP contribution < -0.4 is 5.32 Å². The molecule has 7 heteroatoms. The molecule has 0 saturated heterocycles. The normalized spacial score (nSPS) is 11.6. The van der Waals surface area contributed by atoms with Crippen LogP contribution >= 0.6 is 0 Å². The number of ketones is 1. The van der Waals surface area contributed by atoms with E-state index in [0.29, 0.717) is 17.5 Å². The first-order valence-corrected chi connectivity index (χ1v) is 8.74. The third-order valence-corrected chi connectivity index (χ3v) is 4.15. The molecule has 0 radical (unpaired) electrons. The molecule has 0 saturated carbocycles.